The van der Waals surface area contributed by atoms with Crippen molar-refractivity contribution >= 4 is 17.0 Å². The second-order valence-electron chi connectivity index (χ2n) is 5.34. The van der Waals surface area contributed by atoms with Gasteiger partial charge in [-0.05, 0) is 18.6 Å². The lowest BCUT2D eigenvalue weighted by Gasteiger charge is -2.30. The van der Waals surface area contributed by atoms with Crippen molar-refractivity contribution in [3.63, 3.8) is 0 Å². The van der Waals surface area contributed by atoms with Crippen LogP contribution in [0.15, 0.2) is 22.7 Å². The molecule has 1 aromatic carbocycles. The predicted molar refractivity (Wildman–Crippen MR) is 79.4 cm³/mol. The number of ether oxygens (including phenoxy) is 2. The summed E-state index contributed by atoms with van der Waals surface area (Å²) in [6.07, 6.45) is 0.673. The van der Waals surface area contributed by atoms with Crippen LogP contribution < -0.4 is 10.6 Å². The molecule has 1 fully saturated rings. The zero-order valence-electron chi connectivity index (χ0n) is 12.7. The molecule has 2 amide bonds. The van der Waals surface area contributed by atoms with E-state index in [2.05, 4.69) is 15.8 Å². The first-order chi connectivity index (χ1) is 11.2. The van der Waals surface area contributed by atoms with E-state index in [1.165, 1.54) is 12.1 Å². The molecule has 2 N–H and O–H groups in total. The van der Waals surface area contributed by atoms with Crippen LogP contribution >= 0.6 is 0 Å². The average molecular weight is 323 g/mol. The quantitative estimate of drug-likeness (QED) is 0.892. The Labute approximate surface area is 132 Å². The largest absolute Gasteiger partial charge is 0.379 e. The predicted octanol–water partition coefficient (Wildman–Crippen LogP) is 1.57. The molecule has 0 aliphatic carbocycles. The number of urea groups is 1. The maximum atomic E-state index is 13.1. The van der Waals surface area contributed by atoms with Gasteiger partial charge in [0.05, 0.1) is 25.3 Å². The summed E-state index contributed by atoms with van der Waals surface area (Å²) in [6, 6.07) is 3.62. The Morgan fingerprint density at radius 1 is 1.52 bits per heavy atom. The van der Waals surface area contributed by atoms with Gasteiger partial charge in [0.15, 0.2) is 5.58 Å². The first kappa shape index (κ1) is 15.7. The molecule has 2 aromatic rings. The van der Waals surface area contributed by atoms with Crippen LogP contribution in [-0.2, 0) is 16.0 Å². The third kappa shape index (κ3) is 3.59. The zero-order valence-corrected chi connectivity index (χ0v) is 12.7. The van der Waals surface area contributed by atoms with Crippen LogP contribution in [0.5, 0.6) is 0 Å². The number of methoxy groups -OCH3 is 1. The van der Waals surface area contributed by atoms with Crippen LogP contribution in [0.25, 0.3) is 11.0 Å². The number of hydrogen-bond acceptors (Lipinski definition) is 5. The molecule has 7 nitrogen and oxygen atoms in total. The summed E-state index contributed by atoms with van der Waals surface area (Å²) in [4.78, 5) is 12.0. The maximum absolute atomic E-state index is 13.1. The Balaban J connectivity index is 1.57. The molecular formula is C15H18FN3O4. The van der Waals surface area contributed by atoms with Crippen molar-refractivity contribution in [2.75, 3.05) is 20.3 Å². The molecule has 1 aliphatic heterocycles. The number of hydrogen-bond donors (Lipinski definition) is 2. The van der Waals surface area contributed by atoms with Gasteiger partial charge in [-0.3, -0.25) is 0 Å². The Morgan fingerprint density at radius 3 is 3.22 bits per heavy atom. The van der Waals surface area contributed by atoms with E-state index in [-0.39, 0.29) is 24.7 Å². The Kier molecular flexibility index (Phi) is 4.73. The van der Waals surface area contributed by atoms with Gasteiger partial charge in [-0.1, -0.05) is 5.16 Å². The monoisotopic (exact) mass is 323 g/mol. The molecule has 124 valence electrons. The van der Waals surface area contributed by atoms with Gasteiger partial charge in [0.1, 0.15) is 11.5 Å². The third-order valence-corrected chi connectivity index (χ3v) is 3.84. The van der Waals surface area contributed by atoms with Crippen molar-refractivity contribution < 1.29 is 23.2 Å². The van der Waals surface area contributed by atoms with Gasteiger partial charge in [-0.2, -0.15) is 0 Å². The summed E-state index contributed by atoms with van der Waals surface area (Å²) < 4.78 is 28.8. The number of rotatable bonds is 4. The summed E-state index contributed by atoms with van der Waals surface area (Å²) in [5.41, 5.74) is 0.890. The van der Waals surface area contributed by atoms with E-state index >= 15 is 0 Å². The molecule has 0 unspecified atom stereocenters. The third-order valence-electron chi connectivity index (χ3n) is 3.84. The van der Waals surface area contributed by atoms with E-state index in [1.807, 2.05) is 0 Å². The lowest BCUT2D eigenvalue weighted by Crippen LogP contribution is -2.52. The average Bonchev–Trinajstić information content (AvgIpc) is 2.95. The number of nitrogens with one attached hydrogen (secondary N) is 2. The molecular weight excluding hydrogens is 305 g/mol. The molecule has 8 heteroatoms. The fourth-order valence-corrected chi connectivity index (χ4v) is 2.61. The minimum Gasteiger partial charge on any atom is -0.379 e. The van der Waals surface area contributed by atoms with E-state index in [1.54, 1.807) is 13.2 Å². The van der Waals surface area contributed by atoms with Crippen LogP contribution in [0.1, 0.15) is 12.1 Å². The molecule has 1 aliphatic rings. The smallest absolute Gasteiger partial charge is 0.315 e. The van der Waals surface area contributed by atoms with Crippen molar-refractivity contribution in [1.29, 1.82) is 0 Å². The number of carbonyl (C=O) groups is 1. The molecule has 0 spiro atoms. The zero-order chi connectivity index (χ0) is 16.2. The highest BCUT2D eigenvalue weighted by molar-refractivity contribution is 5.80. The molecule has 0 bridgehead atoms. The number of fused-ring (bicyclic) bond motifs is 1. The minimum absolute atomic E-state index is 0.0645. The van der Waals surface area contributed by atoms with Gasteiger partial charge < -0.3 is 24.6 Å². The van der Waals surface area contributed by atoms with E-state index in [9.17, 15) is 9.18 Å². The highest BCUT2D eigenvalue weighted by Crippen LogP contribution is 2.19. The summed E-state index contributed by atoms with van der Waals surface area (Å²) in [7, 11) is 1.61. The van der Waals surface area contributed by atoms with Crippen molar-refractivity contribution in [2.45, 2.75) is 25.1 Å². The van der Waals surface area contributed by atoms with Gasteiger partial charge in [-0.25, -0.2) is 9.18 Å². The number of aromatic nitrogens is 1. The van der Waals surface area contributed by atoms with E-state index in [0.29, 0.717) is 29.9 Å². The van der Waals surface area contributed by atoms with Gasteiger partial charge >= 0.3 is 6.03 Å². The SMILES string of the molecule is CO[C@@H]1CCOC[C@H]1NC(=O)NCc1noc2cc(F)ccc12. The Morgan fingerprint density at radius 2 is 2.39 bits per heavy atom. The minimum atomic E-state index is -0.395. The molecule has 23 heavy (non-hydrogen) atoms. The highest BCUT2D eigenvalue weighted by Gasteiger charge is 2.27. The summed E-state index contributed by atoms with van der Waals surface area (Å²) >= 11 is 0. The van der Waals surface area contributed by atoms with Crippen LogP contribution in [0.4, 0.5) is 9.18 Å². The van der Waals surface area contributed by atoms with Crippen LogP contribution in [-0.4, -0.2) is 43.7 Å². The number of nitrogens with zero attached hydrogens (tertiary/aromatic N) is 1. The van der Waals surface area contributed by atoms with Crippen LogP contribution in [0, 0.1) is 5.82 Å². The van der Waals surface area contributed by atoms with Gasteiger partial charge in [0, 0.05) is 25.2 Å². The first-order valence-electron chi connectivity index (χ1n) is 7.36. The van der Waals surface area contributed by atoms with Gasteiger partial charge in [0.2, 0.25) is 0 Å². The van der Waals surface area contributed by atoms with Gasteiger partial charge in [0.25, 0.3) is 0 Å². The molecule has 2 heterocycles. The van der Waals surface area contributed by atoms with Crippen molar-refractivity contribution in [3.8, 4) is 0 Å². The topological polar surface area (TPSA) is 85.6 Å². The van der Waals surface area contributed by atoms with Gasteiger partial charge in [-0.15, -0.1) is 0 Å². The fraction of sp³-hybridized carbons (Fsp3) is 0.467. The molecule has 1 aromatic heterocycles. The van der Waals surface area contributed by atoms with E-state index in [4.69, 9.17) is 14.0 Å². The maximum Gasteiger partial charge on any atom is 0.315 e. The molecule has 3 rings (SSSR count). The number of benzene rings is 1. The number of amides is 2. The van der Waals surface area contributed by atoms with E-state index in [0.717, 1.165) is 6.42 Å². The second-order valence-corrected chi connectivity index (χ2v) is 5.34. The second kappa shape index (κ2) is 6.93. The lowest BCUT2D eigenvalue weighted by molar-refractivity contribution is -0.0334. The Hall–Kier alpha value is -2.19. The van der Waals surface area contributed by atoms with Crippen molar-refractivity contribution in [2.24, 2.45) is 0 Å². The van der Waals surface area contributed by atoms with Crippen LogP contribution in [0.3, 0.4) is 0 Å². The molecule has 0 radical (unpaired) electrons. The number of carbonyl (C=O) groups excluding carboxylic acids is 1. The number of halogens is 1. The summed E-state index contributed by atoms with van der Waals surface area (Å²) in [6.45, 7) is 1.22. The van der Waals surface area contributed by atoms with Crippen molar-refractivity contribution in [1.82, 2.24) is 15.8 Å². The highest BCUT2D eigenvalue weighted by atomic mass is 19.1. The first-order valence-corrected chi connectivity index (χ1v) is 7.36. The van der Waals surface area contributed by atoms with E-state index < -0.39 is 5.82 Å². The standard InChI is InChI=1S/C15H18FN3O4/c1-21-13-4-5-22-8-12(13)18-15(20)17-7-11-10-3-2-9(16)6-14(10)23-19-11/h2-3,6,12-13H,4-5,7-8H2,1H3,(H2,17,18,20)/t12-,13-/m1/s1. The fourth-order valence-electron chi connectivity index (χ4n) is 2.61. The molecule has 0 saturated carbocycles. The Bertz CT molecular complexity index is 690. The molecule has 1 saturated heterocycles. The summed E-state index contributed by atoms with van der Waals surface area (Å²) in [5, 5.41) is 10.0. The van der Waals surface area contributed by atoms with Crippen molar-refractivity contribution in [3.05, 3.63) is 29.7 Å². The summed E-state index contributed by atoms with van der Waals surface area (Å²) in [5.74, 6) is -0.395. The molecule has 2 atom stereocenters. The van der Waals surface area contributed by atoms with Crippen LogP contribution in [0.2, 0.25) is 0 Å². The normalized spacial score (nSPS) is 21.3. The lowest BCUT2D eigenvalue weighted by atomic mass is 10.1.